The van der Waals surface area contributed by atoms with Gasteiger partial charge >= 0.3 is 5.97 Å². The molecular formula is C17H23NO4. The van der Waals surface area contributed by atoms with Crippen LogP contribution in [0.15, 0.2) is 24.3 Å². The summed E-state index contributed by atoms with van der Waals surface area (Å²) in [5, 5.41) is 9.22. The van der Waals surface area contributed by atoms with Crippen molar-refractivity contribution in [3.05, 3.63) is 29.8 Å². The number of likely N-dealkylation sites (tertiary alicyclic amines) is 1. The van der Waals surface area contributed by atoms with Gasteiger partial charge in [0.05, 0.1) is 13.0 Å². The fraction of sp³-hybridized carbons (Fsp3) is 0.529. The normalized spacial score (nSPS) is 21.5. The Labute approximate surface area is 130 Å². The molecule has 1 N–H and O–H groups in total. The van der Waals surface area contributed by atoms with Crippen molar-refractivity contribution in [2.45, 2.75) is 38.6 Å². The van der Waals surface area contributed by atoms with Gasteiger partial charge in [0.25, 0.3) is 0 Å². The Kier molecular flexibility index (Phi) is 5.41. The molecule has 1 aromatic carbocycles. The molecule has 1 heterocycles. The molecule has 5 nitrogen and oxygen atoms in total. The number of ether oxygens (including phenoxy) is 1. The van der Waals surface area contributed by atoms with Crippen molar-refractivity contribution in [3.8, 4) is 5.75 Å². The summed E-state index contributed by atoms with van der Waals surface area (Å²) in [6.07, 6.45) is 2.43. The summed E-state index contributed by atoms with van der Waals surface area (Å²) in [5.41, 5.74) is 1.05. The lowest BCUT2D eigenvalue weighted by atomic mass is 9.90. The predicted molar refractivity (Wildman–Crippen MR) is 82.8 cm³/mol. The van der Waals surface area contributed by atoms with Gasteiger partial charge in [-0.3, -0.25) is 9.59 Å². The van der Waals surface area contributed by atoms with Gasteiger partial charge in [0, 0.05) is 19.0 Å². The highest BCUT2D eigenvalue weighted by molar-refractivity contribution is 5.79. The second kappa shape index (κ2) is 7.29. The van der Waals surface area contributed by atoms with Crippen LogP contribution in [0.25, 0.3) is 0 Å². The van der Waals surface area contributed by atoms with E-state index in [0.717, 1.165) is 17.7 Å². The third-order valence-corrected chi connectivity index (χ3v) is 4.39. The number of carboxylic acids is 1. The Morgan fingerprint density at radius 2 is 2.18 bits per heavy atom. The molecule has 0 saturated carbocycles. The van der Waals surface area contributed by atoms with E-state index in [-0.39, 0.29) is 11.9 Å². The van der Waals surface area contributed by atoms with E-state index in [2.05, 4.69) is 0 Å². The fourth-order valence-electron chi connectivity index (χ4n) is 3.05. The smallest absolute Gasteiger partial charge is 0.308 e. The van der Waals surface area contributed by atoms with Crippen LogP contribution in [0, 0.1) is 5.92 Å². The Hall–Kier alpha value is -2.04. The number of nitrogens with zero attached hydrogens (tertiary/aromatic N) is 1. The molecule has 0 unspecified atom stereocenters. The molecule has 1 aliphatic rings. The van der Waals surface area contributed by atoms with Crippen molar-refractivity contribution in [3.63, 3.8) is 0 Å². The molecule has 1 aromatic rings. The molecule has 0 spiro atoms. The summed E-state index contributed by atoms with van der Waals surface area (Å²) in [5.74, 6) is -0.448. The Bertz CT molecular complexity index is 543. The van der Waals surface area contributed by atoms with Crippen LogP contribution in [-0.4, -0.2) is 41.6 Å². The first-order chi connectivity index (χ1) is 10.5. The monoisotopic (exact) mass is 305 g/mol. The second-order valence-corrected chi connectivity index (χ2v) is 5.77. The molecule has 0 aliphatic carbocycles. The second-order valence-electron chi connectivity index (χ2n) is 5.77. The maximum absolute atomic E-state index is 12.4. The molecule has 1 fully saturated rings. The number of hydrogen-bond donors (Lipinski definition) is 1. The lowest BCUT2D eigenvalue weighted by Crippen LogP contribution is -2.49. The van der Waals surface area contributed by atoms with Crippen molar-refractivity contribution >= 4 is 11.9 Å². The number of piperidine rings is 1. The summed E-state index contributed by atoms with van der Waals surface area (Å²) in [4.78, 5) is 25.4. The number of carbonyl (C=O) groups is 2. The van der Waals surface area contributed by atoms with E-state index in [1.165, 1.54) is 0 Å². The van der Waals surface area contributed by atoms with Crippen LogP contribution < -0.4 is 4.74 Å². The van der Waals surface area contributed by atoms with E-state index in [9.17, 15) is 14.7 Å². The van der Waals surface area contributed by atoms with E-state index < -0.39 is 11.9 Å². The van der Waals surface area contributed by atoms with Crippen molar-refractivity contribution in [2.24, 2.45) is 5.92 Å². The third kappa shape index (κ3) is 3.78. The minimum atomic E-state index is -0.808. The van der Waals surface area contributed by atoms with Gasteiger partial charge in [-0.05, 0) is 43.9 Å². The predicted octanol–water partition coefficient (Wildman–Crippen LogP) is 2.34. The minimum absolute atomic E-state index is 0.0290. The van der Waals surface area contributed by atoms with E-state index in [1.54, 1.807) is 12.0 Å². The van der Waals surface area contributed by atoms with Gasteiger partial charge in [0.1, 0.15) is 5.75 Å². The van der Waals surface area contributed by atoms with Crippen LogP contribution in [0.3, 0.4) is 0 Å². The third-order valence-electron chi connectivity index (χ3n) is 4.39. The van der Waals surface area contributed by atoms with Crippen LogP contribution in [0.4, 0.5) is 0 Å². The SMILES string of the molecule is COc1cccc(CCC(=O)N2CCC[C@H](C(=O)O)[C@@H]2C)c1. The number of hydrogen-bond acceptors (Lipinski definition) is 3. The quantitative estimate of drug-likeness (QED) is 0.906. The number of aliphatic carboxylic acids is 1. The number of carboxylic acid groups (broad SMARTS) is 1. The molecule has 2 rings (SSSR count). The number of benzene rings is 1. The van der Waals surface area contributed by atoms with E-state index >= 15 is 0 Å². The molecule has 22 heavy (non-hydrogen) atoms. The zero-order valence-corrected chi connectivity index (χ0v) is 13.1. The number of carbonyl (C=O) groups excluding carboxylic acids is 1. The standard InChI is InChI=1S/C17H23NO4/c1-12-15(17(20)21)7-4-10-18(12)16(19)9-8-13-5-3-6-14(11-13)22-2/h3,5-6,11-12,15H,4,7-10H2,1-2H3,(H,20,21)/t12-,15-/m0/s1. The lowest BCUT2D eigenvalue weighted by molar-refractivity contribution is -0.149. The van der Waals surface area contributed by atoms with Gasteiger partial charge in [-0.15, -0.1) is 0 Å². The van der Waals surface area contributed by atoms with E-state index in [1.807, 2.05) is 31.2 Å². The molecule has 5 heteroatoms. The number of methoxy groups -OCH3 is 1. The minimum Gasteiger partial charge on any atom is -0.497 e. The van der Waals surface area contributed by atoms with Crippen LogP contribution in [0.2, 0.25) is 0 Å². The molecule has 1 saturated heterocycles. The van der Waals surface area contributed by atoms with Gasteiger partial charge in [0.2, 0.25) is 5.91 Å². The zero-order chi connectivity index (χ0) is 16.1. The molecule has 0 bridgehead atoms. The number of aryl methyl sites for hydroxylation is 1. The Morgan fingerprint density at radius 3 is 2.86 bits per heavy atom. The largest absolute Gasteiger partial charge is 0.497 e. The molecular weight excluding hydrogens is 282 g/mol. The van der Waals surface area contributed by atoms with Crippen molar-refractivity contribution in [2.75, 3.05) is 13.7 Å². The lowest BCUT2D eigenvalue weighted by Gasteiger charge is -2.37. The average molecular weight is 305 g/mol. The molecule has 0 radical (unpaired) electrons. The van der Waals surface area contributed by atoms with Crippen LogP contribution >= 0.6 is 0 Å². The highest BCUT2D eigenvalue weighted by atomic mass is 16.5. The summed E-state index contributed by atoms with van der Waals surface area (Å²) >= 11 is 0. The molecule has 120 valence electrons. The van der Waals surface area contributed by atoms with E-state index in [4.69, 9.17) is 4.74 Å². The Balaban J connectivity index is 1.95. The first-order valence-corrected chi connectivity index (χ1v) is 7.68. The summed E-state index contributed by atoms with van der Waals surface area (Å²) < 4.78 is 5.17. The van der Waals surface area contributed by atoms with Crippen LogP contribution in [-0.2, 0) is 16.0 Å². The van der Waals surface area contributed by atoms with E-state index in [0.29, 0.717) is 25.8 Å². The van der Waals surface area contributed by atoms with Crippen molar-refractivity contribution in [1.82, 2.24) is 4.90 Å². The zero-order valence-electron chi connectivity index (χ0n) is 13.1. The summed E-state index contributed by atoms with van der Waals surface area (Å²) in [6.45, 7) is 2.49. The first kappa shape index (κ1) is 16.3. The number of rotatable bonds is 5. The van der Waals surface area contributed by atoms with Gasteiger partial charge in [-0.25, -0.2) is 0 Å². The highest BCUT2D eigenvalue weighted by Crippen LogP contribution is 2.25. The van der Waals surface area contributed by atoms with Gasteiger partial charge < -0.3 is 14.7 Å². The molecule has 0 aromatic heterocycles. The maximum Gasteiger partial charge on any atom is 0.308 e. The van der Waals surface area contributed by atoms with Gasteiger partial charge in [-0.2, -0.15) is 0 Å². The summed E-state index contributed by atoms with van der Waals surface area (Å²) in [6, 6.07) is 7.43. The van der Waals surface area contributed by atoms with Gasteiger partial charge in [0.15, 0.2) is 0 Å². The summed E-state index contributed by atoms with van der Waals surface area (Å²) in [7, 11) is 1.62. The fourth-order valence-corrected chi connectivity index (χ4v) is 3.05. The topological polar surface area (TPSA) is 66.8 Å². The van der Waals surface area contributed by atoms with Gasteiger partial charge in [-0.1, -0.05) is 12.1 Å². The Morgan fingerprint density at radius 1 is 1.41 bits per heavy atom. The molecule has 1 aliphatic heterocycles. The number of amides is 1. The average Bonchev–Trinajstić information content (AvgIpc) is 2.52. The molecule has 1 amide bonds. The van der Waals surface area contributed by atoms with Crippen LogP contribution in [0.5, 0.6) is 5.75 Å². The van der Waals surface area contributed by atoms with Crippen molar-refractivity contribution < 1.29 is 19.4 Å². The first-order valence-electron chi connectivity index (χ1n) is 7.68. The maximum atomic E-state index is 12.4. The van der Waals surface area contributed by atoms with Crippen LogP contribution in [0.1, 0.15) is 31.7 Å². The molecule has 2 atom stereocenters. The van der Waals surface area contributed by atoms with Crippen molar-refractivity contribution in [1.29, 1.82) is 0 Å². The highest BCUT2D eigenvalue weighted by Gasteiger charge is 2.34.